The summed E-state index contributed by atoms with van der Waals surface area (Å²) in [6.07, 6.45) is 6.91. The molecule has 8 heterocycles. The summed E-state index contributed by atoms with van der Waals surface area (Å²) in [5, 5.41) is 16.7. The number of amides is 5. The Morgan fingerprint density at radius 1 is 1.00 bits per heavy atom. The Labute approximate surface area is 367 Å². The summed E-state index contributed by atoms with van der Waals surface area (Å²) in [5.41, 5.74) is 1.14. The second-order valence-electron chi connectivity index (χ2n) is 16.9. The SMILES string of the molecule is O=C1CCC(N2C(=O)c3cccc(NCCCOCCCOCCCN4CCC([N+]5=CC(NC(=O)c6cnn7ccc(N8C[C@H]9C[C@@H]8CO9)nc67)C(C(F)F)=N5)CC4)c3C2=O)C(=O)N1. The van der Waals surface area contributed by atoms with Gasteiger partial charge in [-0.1, -0.05) is 10.8 Å². The van der Waals surface area contributed by atoms with Gasteiger partial charge in [0.15, 0.2) is 23.4 Å². The summed E-state index contributed by atoms with van der Waals surface area (Å²) in [6.45, 7) is 6.50. The van der Waals surface area contributed by atoms with E-state index in [2.05, 4.69) is 36.0 Å². The maximum atomic E-state index is 14.2. The molecule has 1 aromatic carbocycles. The van der Waals surface area contributed by atoms with E-state index in [1.54, 1.807) is 35.3 Å². The van der Waals surface area contributed by atoms with Gasteiger partial charge in [0, 0.05) is 90.3 Å². The molecule has 0 aliphatic carbocycles. The van der Waals surface area contributed by atoms with Crippen LogP contribution < -0.4 is 20.9 Å². The first kappa shape index (κ1) is 43.5. The van der Waals surface area contributed by atoms with E-state index in [-0.39, 0.29) is 53.4 Å². The molecule has 0 saturated carbocycles. The summed E-state index contributed by atoms with van der Waals surface area (Å²) >= 11 is 0. The number of rotatable bonds is 19. The largest absolute Gasteiger partial charge is 0.384 e. The van der Waals surface area contributed by atoms with Gasteiger partial charge in [-0.2, -0.15) is 5.10 Å². The van der Waals surface area contributed by atoms with E-state index in [0.717, 1.165) is 69.0 Å². The van der Waals surface area contributed by atoms with Gasteiger partial charge in [0.25, 0.3) is 24.1 Å². The van der Waals surface area contributed by atoms with E-state index in [9.17, 15) is 32.8 Å². The molecule has 9 rings (SSSR count). The average molecular weight is 889 g/mol. The van der Waals surface area contributed by atoms with Crippen LogP contribution in [0.5, 0.6) is 0 Å². The van der Waals surface area contributed by atoms with Gasteiger partial charge in [-0.15, -0.1) is 0 Å². The van der Waals surface area contributed by atoms with Crippen molar-refractivity contribution >= 4 is 58.6 Å². The van der Waals surface area contributed by atoms with E-state index < -0.39 is 48.0 Å². The molecule has 6 aliphatic rings. The van der Waals surface area contributed by atoms with Gasteiger partial charge in [0.1, 0.15) is 17.4 Å². The summed E-state index contributed by atoms with van der Waals surface area (Å²) in [7, 11) is 0. The number of nitrogens with one attached hydrogen (secondary N) is 3. The van der Waals surface area contributed by atoms with E-state index in [1.165, 1.54) is 10.7 Å². The summed E-state index contributed by atoms with van der Waals surface area (Å²) < 4.78 is 48.8. The molecule has 19 nitrogen and oxygen atoms in total. The van der Waals surface area contributed by atoms with Crippen molar-refractivity contribution in [3.63, 3.8) is 0 Å². The molecule has 3 aromatic rings. The standard InChI is InChI=1S/C43H51F2N11O8/c44-38(45)37-32(48-40(58)30-22-47-54-16-11-34(49-39(30)54)53-23-28-21-27(53)25-64-28)24-55(51-37)26-9-14-52(15-10-26)13-3-18-63-20-4-19-62-17-2-12-46-31-6-1-5-29-36(31)43(61)56(42(29)60)33-7-8-35(57)50-41(33)59/h1,5-6,11,16,22,24,26-28,32-33,38H,2-4,7-10,12-15,17-21,23,25H2,(H2-,46,48,50,57,58,59,61)/p+1/t27-,28-,32?,33?/m1/s1. The maximum Gasteiger partial charge on any atom is 0.285 e. The van der Waals surface area contributed by atoms with Crippen molar-refractivity contribution in [3.05, 3.63) is 53.3 Å². The lowest BCUT2D eigenvalue weighted by molar-refractivity contribution is -0.569. The van der Waals surface area contributed by atoms with Crippen LogP contribution in [0.2, 0.25) is 0 Å². The highest BCUT2D eigenvalue weighted by atomic mass is 19.3. The zero-order valence-electron chi connectivity index (χ0n) is 35.3. The second kappa shape index (κ2) is 19.1. The number of anilines is 2. The third-order valence-electron chi connectivity index (χ3n) is 12.7. The van der Waals surface area contributed by atoms with Crippen molar-refractivity contribution in [3.8, 4) is 0 Å². The molecular weight excluding hydrogens is 837 g/mol. The highest BCUT2D eigenvalue weighted by Crippen LogP contribution is 2.33. The number of hydrogen-bond donors (Lipinski definition) is 3. The molecule has 0 spiro atoms. The number of halogens is 2. The summed E-state index contributed by atoms with van der Waals surface area (Å²) in [5.74, 6) is -1.98. The fourth-order valence-electron chi connectivity index (χ4n) is 9.36. The first-order chi connectivity index (χ1) is 31.1. The van der Waals surface area contributed by atoms with Crippen LogP contribution in [0.25, 0.3) is 5.65 Å². The van der Waals surface area contributed by atoms with Crippen molar-refractivity contribution < 1.29 is 51.6 Å². The number of morpholine rings is 1. The third kappa shape index (κ3) is 9.11. The van der Waals surface area contributed by atoms with Gasteiger partial charge in [-0.05, 0) is 55.4 Å². The molecule has 2 aromatic heterocycles. The van der Waals surface area contributed by atoms with Crippen LogP contribution in [0.1, 0.15) is 82.4 Å². The van der Waals surface area contributed by atoms with Gasteiger partial charge >= 0.3 is 0 Å². The van der Waals surface area contributed by atoms with Gasteiger partial charge < -0.3 is 34.6 Å². The fourth-order valence-corrected chi connectivity index (χ4v) is 9.36. The Bertz CT molecular complexity index is 2350. The minimum Gasteiger partial charge on any atom is -0.384 e. The van der Waals surface area contributed by atoms with Crippen LogP contribution in [0.3, 0.4) is 0 Å². The molecule has 2 unspecified atom stereocenters. The molecule has 21 heteroatoms. The number of hydrazone groups is 1. The minimum absolute atomic E-state index is 0.0614. The predicted molar refractivity (Wildman–Crippen MR) is 226 cm³/mol. The number of alkyl halides is 2. The number of aromatic nitrogens is 3. The van der Waals surface area contributed by atoms with Crippen molar-refractivity contribution in [2.75, 3.05) is 76.0 Å². The van der Waals surface area contributed by atoms with Gasteiger partial charge in [0.2, 0.25) is 18.0 Å². The molecule has 4 atom stereocenters. The van der Waals surface area contributed by atoms with Crippen molar-refractivity contribution in [2.45, 2.75) is 88.1 Å². The molecule has 4 saturated heterocycles. The Balaban J connectivity index is 0.641. The number of carbonyl (C=O) groups excluding carboxylic acids is 5. The number of nitrogens with zero attached hydrogens (tertiary/aromatic N) is 8. The number of imide groups is 2. The van der Waals surface area contributed by atoms with Crippen LogP contribution in [0.15, 0.2) is 41.8 Å². The lowest BCUT2D eigenvalue weighted by Gasteiger charge is -2.28. The van der Waals surface area contributed by atoms with Gasteiger partial charge in [0.05, 0.1) is 36.1 Å². The van der Waals surface area contributed by atoms with E-state index >= 15 is 0 Å². The van der Waals surface area contributed by atoms with Crippen molar-refractivity contribution in [2.24, 2.45) is 5.10 Å². The molecule has 3 N–H and O–H groups in total. The second-order valence-corrected chi connectivity index (χ2v) is 16.9. The zero-order chi connectivity index (χ0) is 44.3. The first-order valence-electron chi connectivity index (χ1n) is 22.1. The molecule has 64 heavy (non-hydrogen) atoms. The number of benzene rings is 1. The van der Waals surface area contributed by atoms with E-state index in [1.807, 2.05) is 6.07 Å². The number of carbonyl (C=O) groups is 5. The van der Waals surface area contributed by atoms with Crippen LogP contribution in [-0.2, 0) is 23.8 Å². The quantitative estimate of drug-likeness (QED) is 0.0893. The Kier molecular flexibility index (Phi) is 13.0. The number of likely N-dealkylation sites (tertiary alicyclic amines) is 1. The lowest BCUT2D eigenvalue weighted by atomic mass is 10.0. The summed E-state index contributed by atoms with van der Waals surface area (Å²) in [4.78, 5) is 74.0. The lowest BCUT2D eigenvalue weighted by Crippen LogP contribution is -2.54. The van der Waals surface area contributed by atoms with Crippen LogP contribution >= 0.6 is 0 Å². The number of fused-ring (bicyclic) bond motifs is 4. The molecular formula is C43H52F2N11O8+. The smallest absolute Gasteiger partial charge is 0.285 e. The topological polar surface area (TPSA) is 204 Å². The van der Waals surface area contributed by atoms with Crippen LogP contribution in [0.4, 0.5) is 20.3 Å². The first-order valence-corrected chi connectivity index (χ1v) is 22.1. The Hall–Kier alpha value is -5.77. The number of piperidine rings is 2. The Morgan fingerprint density at radius 3 is 2.55 bits per heavy atom. The van der Waals surface area contributed by atoms with Gasteiger partial charge in [-0.25, -0.2) is 18.3 Å². The molecule has 5 amide bonds. The van der Waals surface area contributed by atoms with Crippen LogP contribution in [-0.4, -0.2) is 173 Å². The van der Waals surface area contributed by atoms with Crippen molar-refractivity contribution in [1.29, 1.82) is 0 Å². The zero-order valence-corrected chi connectivity index (χ0v) is 35.3. The van der Waals surface area contributed by atoms with Crippen molar-refractivity contribution in [1.82, 2.24) is 35.0 Å². The van der Waals surface area contributed by atoms with E-state index in [0.29, 0.717) is 57.3 Å². The fraction of sp³-hybridized carbons (Fsp3) is 0.558. The minimum atomic E-state index is -2.84. The van der Waals surface area contributed by atoms with Gasteiger partial charge in [-0.3, -0.25) is 34.2 Å². The molecule has 2 bridgehead atoms. The Morgan fingerprint density at radius 2 is 1.80 bits per heavy atom. The predicted octanol–water partition coefficient (Wildman–Crippen LogP) is 1.70. The molecule has 0 radical (unpaired) electrons. The normalized spacial score (nSPS) is 23.7. The molecule has 6 aliphatic heterocycles. The monoisotopic (exact) mass is 888 g/mol. The highest BCUT2D eigenvalue weighted by Gasteiger charge is 2.46. The third-order valence-corrected chi connectivity index (χ3v) is 12.7. The maximum absolute atomic E-state index is 14.2. The summed E-state index contributed by atoms with van der Waals surface area (Å²) in [6, 6.07) is 4.93. The van der Waals surface area contributed by atoms with Crippen LogP contribution in [0, 0.1) is 0 Å². The molecule has 340 valence electrons. The van der Waals surface area contributed by atoms with E-state index in [4.69, 9.17) is 19.2 Å². The number of hydrogen-bond acceptors (Lipinski definition) is 14. The highest BCUT2D eigenvalue weighted by molar-refractivity contribution is 6.25. The number of ether oxygens (including phenoxy) is 3. The average Bonchev–Trinajstić information content (AvgIpc) is 4.14. The molecule has 4 fully saturated rings.